The molecule has 0 bridgehead atoms. The Bertz CT molecular complexity index is 1050. The molecule has 3 aromatic rings. The summed E-state index contributed by atoms with van der Waals surface area (Å²) in [6.07, 6.45) is -1.03. The Hall–Kier alpha value is -4.13. The van der Waals surface area contributed by atoms with Gasteiger partial charge in [-0.2, -0.15) is 0 Å². The van der Waals surface area contributed by atoms with Crippen molar-refractivity contribution in [2.75, 3.05) is 10.6 Å². The lowest BCUT2D eigenvalue weighted by atomic mass is 10.1. The minimum Gasteiger partial charge on any atom is -0.449 e. The number of para-hydroxylation sites is 2. The van der Waals surface area contributed by atoms with Crippen LogP contribution in [0.15, 0.2) is 78.9 Å². The van der Waals surface area contributed by atoms with E-state index in [9.17, 15) is 14.4 Å². The number of nitrogens with two attached hydrogens (primary N) is 1. The largest absolute Gasteiger partial charge is 0.449 e. The van der Waals surface area contributed by atoms with Gasteiger partial charge in [-0.05, 0) is 55.5 Å². The van der Waals surface area contributed by atoms with E-state index >= 15 is 0 Å². The van der Waals surface area contributed by atoms with Gasteiger partial charge in [0.15, 0.2) is 6.10 Å². The fourth-order valence-corrected chi connectivity index (χ4v) is 2.69. The van der Waals surface area contributed by atoms with Crippen LogP contribution < -0.4 is 16.4 Å². The number of nitrogens with one attached hydrogen (secondary N) is 2. The molecular weight excluding hydrogens is 382 g/mol. The molecule has 0 unspecified atom stereocenters. The van der Waals surface area contributed by atoms with Crippen molar-refractivity contribution in [1.82, 2.24) is 0 Å². The van der Waals surface area contributed by atoms with Crippen LogP contribution in [-0.2, 0) is 9.53 Å². The molecule has 0 radical (unpaired) electrons. The summed E-state index contributed by atoms with van der Waals surface area (Å²) in [5.41, 5.74) is 7.69. The first-order valence-electron chi connectivity index (χ1n) is 9.27. The van der Waals surface area contributed by atoms with Crippen LogP contribution in [0, 0.1) is 0 Å². The Balaban J connectivity index is 1.65. The number of rotatable bonds is 7. The number of amides is 2. The van der Waals surface area contributed by atoms with Crippen LogP contribution in [0.2, 0.25) is 0 Å². The van der Waals surface area contributed by atoms with Gasteiger partial charge >= 0.3 is 5.97 Å². The Kier molecular flexibility index (Phi) is 6.44. The van der Waals surface area contributed by atoms with E-state index in [1.165, 1.54) is 19.1 Å². The van der Waals surface area contributed by atoms with Crippen LogP contribution in [0.4, 0.5) is 17.1 Å². The summed E-state index contributed by atoms with van der Waals surface area (Å²) in [4.78, 5) is 36.1. The fourth-order valence-electron chi connectivity index (χ4n) is 2.69. The Morgan fingerprint density at radius 1 is 0.833 bits per heavy atom. The number of carbonyl (C=O) groups is 3. The zero-order chi connectivity index (χ0) is 21.5. The maximum atomic E-state index is 12.6. The van der Waals surface area contributed by atoms with Gasteiger partial charge in [-0.15, -0.1) is 0 Å². The molecule has 3 rings (SSSR count). The average molecular weight is 403 g/mol. The number of esters is 1. The molecule has 0 spiro atoms. The lowest BCUT2D eigenvalue weighted by molar-refractivity contribution is -0.123. The maximum Gasteiger partial charge on any atom is 0.341 e. The maximum absolute atomic E-state index is 12.6. The van der Waals surface area contributed by atoms with Crippen LogP contribution in [-0.4, -0.2) is 23.9 Å². The summed E-state index contributed by atoms with van der Waals surface area (Å²) in [5, 5.41) is 5.81. The first-order valence-corrected chi connectivity index (χ1v) is 9.27. The quantitative estimate of drug-likeness (QED) is 0.521. The summed E-state index contributed by atoms with van der Waals surface area (Å²) in [5.74, 6) is -1.68. The van der Waals surface area contributed by atoms with Gasteiger partial charge in [0.25, 0.3) is 5.91 Å². The zero-order valence-corrected chi connectivity index (χ0v) is 16.3. The predicted molar refractivity (Wildman–Crippen MR) is 115 cm³/mol. The van der Waals surface area contributed by atoms with Crippen molar-refractivity contribution in [3.63, 3.8) is 0 Å². The van der Waals surface area contributed by atoms with Crippen molar-refractivity contribution in [3.8, 4) is 0 Å². The second-order valence-corrected chi connectivity index (χ2v) is 6.51. The number of carbonyl (C=O) groups excluding carboxylic acids is 3. The molecular formula is C23H21N3O4. The first kappa shape index (κ1) is 20.6. The molecule has 7 heteroatoms. The summed E-state index contributed by atoms with van der Waals surface area (Å²) >= 11 is 0. The molecule has 0 heterocycles. The standard InChI is InChI=1S/C23H21N3O4/c1-15(22(28)26-18-13-11-16(12-14-18)21(24)27)30-23(29)19-9-5-6-10-20(19)25-17-7-3-2-4-8-17/h2-15,25H,1H3,(H2,24,27)(H,26,28)/t15-/m1/s1. The van der Waals surface area contributed by atoms with Gasteiger partial charge in [-0.25, -0.2) is 4.79 Å². The Morgan fingerprint density at radius 2 is 1.47 bits per heavy atom. The molecule has 0 saturated heterocycles. The summed E-state index contributed by atoms with van der Waals surface area (Å²) in [6, 6.07) is 22.4. The molecule has 30 heavy (non-hydrogen) atoms. The Labute approximate surface area is 173 Å². The highest BCUT2D eigenvalue weighted by Gasteiger charge is 2.21. The third-order valence-electron chi connectivity index (χ3n) is 4.29. The summed E-state index contributed by atoms with van der Waals surface area (Å²) in [6.45, 7) is 1.48. The van der Waals surface area contributed by atoms with Gasteiger partial charge in [0.1, 0.15) is 0 Å². The third kappa shape index (κ3) is 5.23. The van der Waals surface area contributed by atoms with E-state index in [2.05, 4.69) is 10.6 Å². The molecule has 4 N–H and O–H groups in total. The molecule has 0 saturated carbocycles. The van der Waals surface area contributed by atoms with Crippen molar-refractivity contribution in [2.45, 2.75) is 13.0 Å². The van der Waals surface area contributed by atoms with E-state index in [1.807, 2.05) is 30.3 Å². The van der Waals surface area contributed by atoms with Gasteiger partial charge in [0.2, 0.25) is 5.91 Å². The lowest BCUT2D eigenvalue weighted by Gasteiger charge is -2.16. The minimum atomic E-state index is -1.03. The molecule has 0 aromatic heterocycles. The van der Waals surface area contributed by atoms with E-state index < -0.39 is 23.9 Å². The monoisotopic (exact) mass is 403 g/mol. The van der Waals surface area contributed by atoms with E-state index in [4.69, 9.17) is 10.5 Å². The molecule has 152 valence electrons. The van der Waals surface area contributed by atoms with Crippen LogP contribution in [0.3, 0.4) is 0 Å². The fraction of sp³-hybridized carbons (Fsp3) is 0.0870. The molecule has 0 fully saturated rings. The molecule has 2 amide bonds. The first-order chi connectivity index (χ1) is 14.4. The minimum absolute atomic E-state index is 0.312. The van der Waals surface area contributed by atoms with Crippen LogP contribution in [0.5, 0.6) is 0 Å². The van der Waals surface area contributed by atoms with E-state index in [-0.39, 0.29) is 0 Å². The lowest BCUT2D eigenvalue weighted by Crippen LogP contribution is -2.30. The normalized spacial score (nSPS) is 11.2. The second kappa shape index (κ2) is 9.38. The summed E-state index contributed by atoms with van der Waals surface area (Å²) in [7, 11) is 0. The highest BCUT2D eigenvalue weighted by atomic mass is 16.5. The van der Waals surface area contributed by atoms with E-state index in [0.717, 1.165) is 5.69 Å². The number of hydrogen-bond donors (Lipinski definition) is 3. The zero-order valence-electron chi connectivity index (χ0n) is 16.3. The predicted octanol–water partition coefficient (Wildman–Crippen LogP) is 3.71. The highest BCUT2D eigenvalue weighted by molar-refractivity contribution is 6.00. The van der Waals surface area contributed by atoms with Crippen molar-refractivity contribution >= 4 is 34.8 Å². The van der Waals surface area contributed by atoms with Gasteiger partial charge in [0.05, 0.1) is 11.3 Å². The van der Waals surface area contributed by atoms with Gasteiger partial charge in [-0.1, -0.05) is 30.3 Å². The van der Waals surface area contributed by atoms with Crippen molar-refractivity contribution in [3.05, 3.63) is 90.0 Å². The van der Waals surface area contributed by atoms with Crippen molar-refractivity contribution < 1.29 is 19.1 Å². The van der Waals surface area contributed by atoms with Crippen LogP contribution >= 0.6 is 0 Å². The third-order valence-corrected chi connectivity index (χ3v) is 4.29. The number of ether oxygens (including phenoxy) is 1. The molecule has 3 aromatic carbocycles. The molecule has 7 nitrogen and oxygen atoms in total. The molecule has 0 aliphatic carbocycles. The average Bonchev–Trinajstić information content (AvgIpc) is 2.75. The van der Waals surface area contributed by atoms with Crippen molar-refractivity contribution in [1.29, 1.82) is 0 Å². The van der Waals surface area contributed by atoms with Crippen molar-refractivity contribution in [2.24, 2.45) is 5.73 Å². The topological polar surface area (TPSA) is 111 Å². The molecule has 0 aliphatic heterocycles. The van der Waals surface area contributed by atoms with Gasteiger partial charge in [-0.3, -0.25) is 9.59 Å². The smallest absolute Gasteiger partial charge is 0.341 e. The summed E-state index contributed by atoms with van der Waals surface area (Å²) < 4.78 is 5.35. The van der Waals surface area contributed by atoms with Gasteiger partial charge < -0.3 is 21.1 Å². The second-order valence-electron chi connectivity index (χ2n) is 6.51. The number of primary amides is 1. The Morgan fingerprint density at radius 3 is 2.13 bits per heavy atom. The number of anilines is 3. The highest BCUT2D eigenvalue weighted by Crippen LogP contribution is 2.22. The van der Waals surface area contributed by atoms with Crippen LogP contribution in [0.1, 0.15) is 27.6 Å². The molecule has 1 atom stereocenters. The van der Waals surface area contributed by atoms with Crippen LogP contribution in [0.25, 0.3) is 0 Å². The molecule has 0 aliphatic rings. The van der Waals surface area contributed by atoms with E-state index in [1.54, 1.807) is 36.4 Å². The number of benzene rings is 3. The number of hydrogen-bond acceptors (Lipinski definition) is 5. The van der Waals surface area contributed by atoms with E-state index in [0.29, 0.717) is 22.5 Å². The SMILES string of the molecule is C[C@@H](OC(=O)c1ccccc1Nc1ccccc1)C(=O)Nc1ccc(C(N)=O)cc1. The van der Waals surface area contributed by atoms with Gasteiger partial charge in [0, 0.05) is 16.9 Å².